The van der Waals surface area contributed by atoms with Crippen LogP contribution < -0.4 is 16.0 Å². The summed E-state index contributed by atoms with van der Waals surface area (Å²) in [7, 11) is 2.99. The number of alkyl halides is 3. The lowest BCUT2D eigenvalue weighted by Crippen LogP contribution is -2.46. The van der Waals surface area contributed by atoms with Gasteiger partial charge in [-0.1, -0.05) is 24.3 Å². The molecule has 9 nitrogen and oxygen atoms in total. The van der Waals surface area contributed by atoms with E-state index in [4.69, 9.17) is 9.47 Å². The lowest BCUT2D eigenvalue weighted by Gasteiger charge is -2.33. The summed E-state index contributed by atoms with van der Waals surface area (Å²) < 4.78 is 49.6. The van der Waals surface area contributed by atoms with Crippen LogP contribution in [-0.4, -0.2) is 50.3 Å². The van der Waals surface area contributed by atoms with Crippen molar-refractivity contribution in [1.29, 1.82) is 0 Å². The van der Waals surface area contributed by atoms with Crippen LogP contribution in [0.3, 0.4) is 0 Å². The van der Waals surface area contributed by atoms with Gasteiger partial charge in [-0.05, 0) is 36.8 Å². The van der Waals surface area contributed by atoms with Gasteiger partial charge in [-0.25, -0.2) is 14.4 Å². The molecule has 4 amide bonds. The molecule has 2 aromatic carbocycles. The number of nitrogens with zero attached hydrogens (tertiary/aromatic N) is 1. The van der Waals surface area contributed by atoms with E-state index in [1.807, 2.05) is 0 Å². The van der Waals surface area contributed by atoms with Crippen LogP contribution in [0, 0.1) is 0 Å². The van der Waals surface area contributed by atoms with Gasteiger partial charge in [0.15, 0.2) is 0 Å². The molecule has 0 bridgehead atoms. The van der Waals surface area contributed by atoms with Crippen LogP contribution in [0.25, 0.3) is 0 Å². The molecule has 0 spiro atoms. The maximum atomic E-state index is 13.2. The predicted molar refractivity (Wildman–Crippen MR) is 125 cm³/mol. The zero-order chi connectivity index (χ0) is 26.5. The third-order valence-electron chi connectivity index (χ3n) is 5.48. The van der Waals surface area contributed by atoms with Crippen LogP contribution in [-0.2, 0) is 20.4 Å². The average molecular weight is 506 g/mol. The highest BCUT2D eigenvalue weighted by Crippen LogP contribution is 2.35. The highest BCUT2D eigenvalue weighted by molar-refractivity contribution is 6.00. The van der Waals surface area contributed by atoms with Gasteiger partial charge >= 0.3 is 24.2 Å². The summed E-state index contributed by atoms with van der Waals surface area (Å²) in [5, 5.41) is 7.39. The summed E-state index contributed by atoms with van der Waals surface area (Å²) in [6.07, 6.45) is -4.63. The van der Waals surface area contributed by atoms with Crippen molar-refractivity contribution in [3.63, 3.8) is 0 Å². The van der Waals surface area contributed by atoms with Gasteiger partial charge < -0.3 is 30.3 Å². The summed E-state index contributed by atoms with van der Waals surface area (Å²) in [6.45, 7) is 1.87. The van der Waals surface area contributed by atoms with Crippen molar-refractivity contribution in [3.8, 4) is 0 Å². The Morgan fingerprint density at radius 1 is 1.06 bits per heavy atom. The molecular weight excluding hydrogens is 481 g/mol. The van der Waals surface area contributed by atoms with Crippen LogP contribution in [0.5, 0.6) is 0 Å². The topological polar surface area (TPSA) is 109 Å². The summed E-state index contributed by atoms with van der Waals surface area (Å²) in [6, 6.07) is 8.66. The van der Waals surface area contributed by atoms with E-state index in [0.717, 1.165) is 12.1 Å². The number of esters is 1. The normalized spacial score (nSPS) is 15.9. The number of carbonyl (C=O) groups is 3. The number of methoxy groups -OCH3 is 1. The van der Waals surface area contributed by atoms with E-state index in [2.05, 4.69) is 16.0 Å². The van der Waals surface area contributed by atoms with Crippen molar-refractivity contribution in [2.75, 3.05) is 38.0 Å². The molecule has 0 fully saturated rings. The third-order valence-corrected chi connectivity index (χ3v) is 5.48. The second-order valence-corrected chi connectivity index (χ2v) is 7.81. The molecule has 1 aliphatic heterocycles. The SMILES string of the molecule is COCCOC(=O)C1=C(C)N(C)C(=O)NC1c1ccc(NC(=O)Nc2ccccc2C(F)(F)F)cc1. The van der Waals surface area contributed by atoms with Crippen LogP contribution in [0.15, 0.2) is 59.8 Å². The Morgan fingerprint density at radius 2 is 1.72 bits per heavy atom. The summed E-state index contributed by atoms with van der Waals surface area (Å²) in [5.41, 5.74) is 0.102. The Hall–Kier alpha value is -4.06. The first-order chi connectivity index (χ1) is 17.0. The number of hydrogen-bond donors (Lipinski definition) is 3. The predicted octanol–water partition coefficient (Wildman–Crippen LogP) is 4.51. The van der Waals surface area contributed by atoms with Crippen molar-refractivity contribution in [2.24, 2.45) is 0 Å². The average Bonchev–Trinajstić information content (AvgIpc) is 2.82. The number of nitrogens with one attached hydrogen (secondary N) is 3. The van der Waals surface area contributed by atoms with E-state index in [1.165, 1.54) is 43.3 Å². The lowest BCUT2D eigenvalue weighted by atomic mass is 9.95. The van der Waals surface area contributed by atoms with E-state index < -0.39 is 35.8 Å². The molecule has 1 unspecified atom stereocenters. The van der Waals surface area contributed by atoms with Crippen LogP contribution >= 0.6 is 0 Å². The minimum atomic E-state index is -4.63. The number of rotatable bonds is 7. The van der Waals surface area contributed by atoms with Gasteiger partial charge in [0.1, 0.15) is 6.61 Å². The molecule has 192 valence electrons. The van der Waals surface area contributed by atoms with Crippen LogP contribution in [0.1, 0.15) is 24.1 Å². The van der Waals surface area contributed by atoms with Gasteiger partial charge in [-0.3, -0.25) is 0 Å². The molecule has 3 N–H and O–H groups in total. The maximum absolute atomic E-state index is 13.2. The van der Waals surface area contributed by atoms with Gasteiger partial charge in [-0.2, -0.15) is 13.2 Å². The summed E-state index contributed by atoms with van der Waals surface area (Å²) in [5.74, 6) is -0.619. The second-order valence-electron chi connectivity index (χ2n) is 7.81. The van der Waals surface area contributed by atoms with Crippen molar-refractivity contribution in [2.45, 2.75) is 19.1 Å². The number of halogens is 3. The van der Waals surface area contributed by atoms with Crippen molar-refractivity contribution < 1.29 is 37.0 Å². The number of carbonyl (C=O) groups excluding carboxylic acids is 3. The zero-order valence-corrected chi connectivity index (χ0v) is 19.7. The van der Waals surface area contributed by atoms with E-state index in [0.29, 0.717) is 11.3 Å². The van der Waals surface area contributed by atoms with Gasteiger partial charge in [0.2, 0.25) is 0 Å². The minimum absolute atomic E-state index is 0.0337. The maximum Gasteiger partial charge on any atom is 0.418 e. The fourth-order valence-electron chi connectivity index (χ4n) is 3.53. The second kappa shape index (κ2) is 11.1. The largest absolute Gasteiger partial charge is 0.460 e. The Balaban J connectivity index is 1.76. The molecule has 12 heteroatoms. The first-order valence-corrected chi connectivity index (χ1v) is 10.8. The molecule has 2 aromatic rings. The minimum Gasteiger partial charge on any atom is -0.460 e. The summed E-state index contributed by atoms with van der Waals surface area (Å²) in [4.78, 5) is 38.7. The van der Waals surface area contributed by atoms with Crippen LogP contribution in [0.4, 0.5) is 34.1 Å². The smallest absolute Gasteiger partial charge is 0.418 e. The van der Waals surface area contributed by atoms with E-state index in [9.17, 15) is 27.6 Å². The molecule has 0 radical (unpaired) electrons. The number of urea groups is 2. The van der Waals surface area contributed by atoms with Gasteiger partial charge in [-0.15, -0.1) is 0 Å². The first-order valence-electron chi connectivity index (χ1n) is 10.8. The molecule has 1 aliphatic rings. The number of para-hydroxylation sites is 1. The van der Waals surface area contributed by atoms with Crippen LogP contribution in [0.2, 0.25) is 0 Å². The fraction of sp³-hybridized carbons (Fsp3) is 0.292. The molecule has 1 heterocycles. The molecule has 36 heavy (non-hydrogen) atoms. The standard InChI is InChI=1S/C24H25F3N4O5/c1-14-19(21(32)36-13-12-35-3)20(30-23(34)31(14)2)15-8-10-16(11-9-15)28-22(33)29-18-7-5-4-6-17(18)24(25,26)27/h4-11,20H,12-13H2,1-3H3,(H,30,34)(H2,28,29,33). The van der Waals surface area contributed by atoms with E-state index in [1.54, 1.807) is 19.1 Å². The fourth-order valence-corrected chi connectivity index (χ4v) is 3.53. The molecule has 0 saturated heterocycles. The molecule has 0 aromatic heterocycles. The molecular formula is C24H25F3N4O5. The van der Waals surface area contributed by atoms with Crippen molar-refractivity contribution in [3.05, 3.63) is 70.9 Å². The first kappa shape index (κ1) is 26.5. The number of ether oxygens (including phenoxy) is 2. The lowest BCUT2D eigenvalue weighted by molar-refractivity contribution is -0.141. The number of anilines is 2. The summed E-state index contributed by atoms with van der Waals surface area (Å²) >= 11 is 0. The highest BCUT2D eigenvalue weighted by Gasteiger charge is 2.35. The van der Waals surface area contributed by atoms with Crippen molar-refractivity contribution >= 4 is 29.4 Å². The Morgan fingerprint density at radius 3 is 2.36 bits per heavy atom. The molecule has 0 saturated carbocycles. The quantitative estimate of drug-likeness (QED) is 0.378. The number of hydrogen-bond acceptors (Lipinski definition) is 5. The Labute approximate surface area is 205 Å². The number of allylic oxidation sites excluding steroid dienone is 1. The Bertz CT molecular complexity index is 1170. The zero-order valence-electron chi connectivity index (χ0n) is 19.7. The van der Waals surface area contributed by atoms with E-state index >= 15 is 0 Å². The third kappa shape index (κ3) is 6.13. The molecule has 1 atom stereocenters. The van der Waals surface area contributed by atoms with Gasteiger partial charge in [0.05, 0.1) is 29.5 Å². The molecule has 0 aliphatic carbocycles. The van der Waals surface area contributed by atoms with E-state index in [-0.39, 0.29) is 30.2 Å². The number of amides is 4. The monoisotopic (exact) mass is 506 g/mol. The van der Waals surface area contributed by atoms with Gasteiger partial charge in [0.25, 0.3) is 0 Å². The molecule has 3 rings (SSSR count). The highest BCUT2D eigenvalue weighted by atomic mass is 19.4. The Kier molecular flexibility index (Phi) is 8.20. The van der Waals surface area contributed by atoms with Crippen molar-refractivity contribution in [1.82, 2.24) is 10.2 Å². The number of benzene rings is 2. The van der Waals surface area contributed by atoms with Gasteiger partial charge in [0, 0.05) is 25.5 Å².